The van der Waals surface area contributed by atoms with Crippen molar-refractivity contribution in [2.24, 2.45) is 5.92 Å². The quantitative estimate of drug-likeness (QED) is 0.866. The van der Waals surface area contributed by atoms with Gasteiger partial charge in [-0.1, -0.05) is 23.2 Å². The number of hydrogen-bond donors (Lipinski definition) is 1. The first-order valence-corrected chi connectivity index (χ1v) is 6.56. The summed E-state index contributed by atoms with van der Waals surface area (Å²) in [5, 5.41) is 4.97. The van der Waals surface area contributed by atoms with E-state index in [2.05, 4.69) is 5.32 Å². The molecule has 1 saturated carbocycles. The molecule has 0 amide bonds. The Morgan fingerprint density at radius 1 is 1.31 bits per heavy atom. The Morgan fingerprint density at radius 2 is 2.12 bits per heavy atom. The van der Waals surface area contributed by atoms with Crippen LogP contribution in [0.15, 0.2) is 18.2 Å². The van der Waals surface area contributed by atoms with Crippen molar-refractivity contribution >= 4 is 23.2 Å². The summed E-state index contributed by atoms with van der Waals surface area (Å²) in [6, 6.07) is 6.42. The third kappa shape index (κ3) is 2.91. The third-order valence-electron chi connectivity index (χ3n) is 3.47. The van der Waals surface area contributed by atoms with Crippen molar-refractivity contribution in [3.05, 3.63) is 33.8 Å². The summed E-state index contributed by atoms with van der Waals surface area (Å²) in [4.78, 5) is 0. The molecule has 0 heterocycles. The lowest BCUT2D eigenvalue weighted by Gasteiger charge is -2.12. The second-order valence-corrected chi connectivity index (χ2v) is 5.45. The van der Waals surface area contributed by atoms with Crippen LogP contribution in [0.2, 0.25) is 10.0 Å². The van der Waals surface area contributed by atoms with E-state index >= 15 is 0 Å². The van der Waals surface area contributed by atoms with Gasteiger partial charge in [-0.05, 0) is 62.4 Å². The normalized spacial score (nSPS) is 24.9. The summed E-state index contributed by atoms with van der Waals surface area (Å²) >= 11 is 12.2. The van der Waals surface area contributed by atoms with Crippen molar-refractivity contribution in [2.75, 3.05) is 7.05 Å². The van der Waals surface area contributed by atoms with Gasteiger partial charge in [0.25, 0.3) is 0 Å². The van der Waals surface area contributed by atoms with Gasteiger partial charge in [-0.25, -0.2) is 0 Å². The van der Waals surface area contributed by atoms with Crippen LogP contribution in [0.4, 0.5) is 0 Å². The summed E-state index contributed by atoms with van der Waals surface area (Å²) in [5.74, 6) is 0.744. The van der Waals surface area contributed by atoms with Crippen molar-refractivity contribution in [1.82, 2.24) is 5.32 Å². The molecular formula is C13H17Cl2N. The summed E-state index contributed by atoms with van der Waals surface area (Å²) in [6.07, 6.45) is 4.87. The highest BCUT2D eigenvalue weighted by atomic mass is 35.5. The molecular weight excluding hydrogens is 241 g/mol. The molecule has 1 aromatic carbocycles. The van der Waals surface area contributed by atoms with E-state index < -0.39 is 0 Å². The van der Waals surface area contributed by atoms with Crippen LogP contribution < -0.4 is 5.32 Å². The second kappa shape index (κ2) is 5.39. The second-order valence-electron chi connectivity index (χ2n) is 4.60. The molecule has 0 bridgehead atoms. The molecule has 2 unspecified atom stereocenters. The first-order chi connectivity index (χ1) is 7.69. The van der Waals surface area contributed by atoms with Gasteiger partial charge in [0, 0.05) is 16.1 Å². The van der Waals surface area contributed by atoms with E-state index in [4.69, 9.17) is 23.2 Å². The van der Waals surface area contributed by atoms with Crippen LogP contribution in [-0.2, 0) is 6.42 Å². The molecule has 3 heteroatoms. The van der Waals surface area contributed by atoms with Crippen LogP contribution in [-0.4, -0.2) is 13.1 Å². The zero-order chi connectivity index (χ0) is 11.5. The minimum atomic E-state index is 0.683. The molecule has 0 aliphatic heterocycles. The highest BCUT2D eigenvalue weighted by Crippen LogP contribution is 2.31. The molecule has 1 fully saturated rings. The van der Waals surface area contributed by atoms with Gasteiger partial charge in [0.2, 0.25) is 0 Å². The van der Waals surface area contributed by atoms with E-state index in [9.17, 15) is 0 Å². The zero-order valence-electron chi connectivity index (χ0n) is 9.47. The van der Waals surface area contributed by atoms with Gasteiger partial charge >= 0.3 is 0 Å². The Labute approximate surface area is 107 Å². The van der Waals surface area contributed by atoms with E-state index in [1.54, 1.807) is 0 Å². The van der Waals surface area contributed by atoms with Gasteiger partial charge < -0.3 is 5.32 Å². The minimum absolute atomic E-state index is 0.683. The van der Waals surface area contributed by atoms with Crippen LogP contribution in [0.1, 0.15) is 24.8 Å². The fourth-order valence-corrected chi connectivity index (χ4v) is 2.92. The highest BCUT2D eigenvalue weighted by molar-refractivity contribution is 6.33. The molecule has 0 spiro atoms. The molecule has 1 aliphatic rings. The van der Waals surface area contributed by atoms with Crippen molar-refractivity contribution in [3.8, 4) is 0 Å². The lowest BCUT2D eigenvalue weighted by atomic mass is 9.98. The monoisotopic (exact) mass is 257 g/mol. The van der Waals surface area contributed by atoms with Crippen LogP contribution in [0.3, 0.4) is 0 Å². The highest BCUT2D eigenvalue weighted by Gasteiger charge is 2.23. The first-order valence-electron chi connectivity index (χ1n) is 5.80. The van der Waals surface area contributed by atoms with Gasteiger partial charge in [-0.15, -0.1) is 0 Å². The maximum absolute atomic E-state index is 6.17. The Morgan fingerprint density at radius 3 is 2.81 bits per heavy atom. The van der Waals surface area contributed by atoms with Crippen LogP contribution in [0, 0.1) is 5.92 Å². The molecule has 1 nitrogen and oxygen atoms in total. The van der Waals surface area contributed by atoms with E-state index in [-0.39, 0.29) is 0 Å². The smallest absolute Gasteiger partial charge is 0.0439 e. The van der Waals surface area contributed by atoms with Gasteiger partial charge in [0.1, 0.15) is 0 Å². The topological polar surface area (TPSA) is 12.0 Å². The summed E-state index contributed by atoms with van der Waals surface area (Å²) in [6.45, 7) is 0. The number of benzene rings is 1. The Hall–Kier alpha value is -0.240. The maximum atomic E-state index is 6.17. The standard InChI is InChI=1S/C13H17Cl2N/c1-16-12-4-2-9(7-12)6-10-8-11(14)3-5-13(10)15/h3,5,8-9,12,16H,2,4,6-7H2,1H3. The average Bonchev–Trinajstić information content (AvgIpc) is 2.71. The average molecular weight is 258 g/mol. The molecule has 88 valence electrons. The van der Waals surface area contributed by atoms with Crippen LogP contribution >= 0.6 is 23.2 Å². The van der Waals surface area contributed by atoms with Crippen molar-refractivity contribution in [2.45, 2.75) is 31.7 Å². The van der Waals surface area contributed by atoms with Crippen LogP contribution in [0.5, 0.6) is 0 Å². The molecule has 2 rings (SSSR count). The Balaban J connectivity index is 2.01. The van der Waals surface area contributed by atoms with Gasteiger partial charge in [-0.2, -0.15) is 0 Å². The number of rotatable bonds is 3. The number of hydrogen-bond acceptors (Lipinski definition) is 1. The lowest BCUT2D eigenvalue weighted by molar-refractivity contribution is 0.510. The fourth-order valence-electron chi connectivity index (χ4n) is 2.53. The third-order valence-corrected chi connectivity index (χ3v) is 4.07. The fraction of sp³-hybridized carbons (Fsp3) is 0.538. The molecule has 16 heavy (non-hydrogen) atoms. The summed E-state index contributed by atoms with van der Waals surface area (Å²) in [5.41, 5.74) is 1.19. The number of nitrogens with one attached hydrogen (secondary N) is 1. The van der Waals surface area contributed by atoms with Gasteiger partial charge in [-0.3, -0.25) is 0 Å². The molecule has 1 N–H and O–H groups in total. The maximum Gasteiger partial charge on any atom is 0.0439 e. The molecule has 0 aromatic heterocycles. The largest absolute Gasteiger partial charge is 0.317 e. The molecule has 1 aromatic rings. The van der Waals surface area contributed by atoms with E-state index in [0.29, 0.717) is 6.04 Å². The Bertz CT molecular complexity index is 365. The molecule has 2 atom stereocenters. The van der Waals surface area contributed by atoms with Crippen molar-refractivity contribution < 1.29 is 0 Å². The van der Waals surface area contributed by atoms with Gasteiger partial charge in [0.15, 0.2) is 0 Å². The predicted molar refractivity (Wildman–Crippen MR) is 70.4 cm³/mol. The van der Waals surface area contributed by atoms with Crippen molar-refractivity contribution in [3.63, 3.8) is 0 Å². The Kier molecular flexibility index (Phi) is 4.12. The van der Waals surface area contributed by atoms with E-state index in [1.165, 1.54) is 24.8 Å². The summed E-state index contributed by atoms with van der Waals surface area (Å²) in [7, 11) is 2.04. The molecule has 0 radical (unpaired) electrons. The van der Waals surface area contributed by atoms with E-state index in [0.717, 1.165) is 22.4 Å². The van der Waals surface area contributed by atoms with E-state index in [1.807, 2.05) is 25.2 Å². The van der Waals surface area contributed by atoms with Gasteiger partial charge in [0.05, 0.1) is 0 Å². The predicted octanol–water partition coefficient (Wildman–Crippen LogP) is 3.92. The summed E-state index contributed by atoms with van der Waals surface area (Å²) < 4.78 is 0. The minimum Gasteiger partial charge on any atom is -0.317 e. The zero-order valence-corrected chi connectivity index (χ0v) is 11.0. The molecule has 0 saturated heterocycles. The molecule has 1 aliphatic carbocycles. The lowest BCUT2D eigenvalue weighted by Crippen LogP contribution is -2.21. The SMILES string of the molecule is CNC1CCC(Cc2cc(Cl)ccc2Cl)C1. The first kappa shape index (κ1) is 12.2. The van der Waals surface area contributed by atoms with Crippen LogP contribution in [0.25, 0.3) is 0 Å². The van der Waals surface area contributed by atoms with Crippen molar-refractivity contribution in [1.29, 1.82) is 0 Å². The number of halogens is 2.